The summed E-state index contributed by atoms with van der Waals surface area (Å²) in [6.45, 7) is -0.987. The van der Waals surface area contributed by atoms with Crippen molar-refractivity contribution in [2.75, 3.05) is 18.8 Å². The number of hydrogen-bond donors (Lipinski definition) is 9. The molecule has 4 atom stereocenters. The van der Waals surface area contributed by atoms with Crippen LogP contribution in [0.5, 0.6) is 11.5 Å². The lowest BCUT2D eigenvalue weighted by molar-refractivity contribution is -0.133. The van der Waals surface area contributed by atoms with Crippen molar-refractivity contribution in [3.8, 4) is 11.5 Å². The molecule has 0 radical (unpaired) electrons. The summed E-state index contributed by atoms with van der Waals surface area (Å²) in [5, 5.41) is 35.4. The maximum atomic E-state index is 14.1. The number of para-hydroxylation sites is 1. The molecule has 280 valence electrons. The van der Waals surface area contributed by atoms with Gasteiger partial charge < -0.3 is 47.8 Å². The van der Waals surface area contributed by atoms with Gasteiger partial charge in [0, 0.05) is 31.5 Å². The molecule has 1 heterocycles. The van der Waals surface area contributed by atoms with Crippen molar-refractivity contribution in [2.24, 2.45) is 0 Å². The van der Waals surface area contributed by atoms with E-state index in [2.05, 4.69) is 31.9 Å². The van der Waals surface area contributed by atoms with E-state index in [0.29, 0.717) is 16.7 Å². The van der Waals surface area contributed by atoms with E-state index in [1.807, 2.05) is 0 Å². The summed E-state index contributed by atoms with van der Waals surface area (Å²) in [4.78, 5) is 81.9. The number of anilines is 1. The molecule has 15 heteroatoms. The first kappa shape index (κ1) is 38.3. The van der Waals surface area contributed by atoms with Gasteiger partial charge in [0.1, 0.15) is 35.7 Å². The first-order chi connectivity index (χ1) is 25.9. The molecule has 0 aromatic heterocycles. The largest absolute Gasteiger partial charge is 0.508 e. The minimum absolute atomic E-state index is 0.00570. The third-order valence-electron chi connectivity index (χ3n) is 8.68. The lowest BCUT2D eigenvalue weighted by Gasteiger charge is -2.26. The Hall–Kier alpha value is -6.90. The molecule has 0 bridgehead atoms. The molecule has 1 aliphatic rings. The average molecular weight is 736 g/mol. The predicted molar refractivity (Wildman–Crippen MR) is 198 cm³/mol. The maximum Gasteiger partial charge on any atom is 0.253 e. The van der Waals surface area contributed by atoms with Crippen molar-refractivity contribution in [3.63, 3.8) is 0 Å². The molecule has 15 nitrogen and oxygen atoms in total. The zero-order valence-corrected chi connectivity index (χ0v) is 29.1. The van der Waals surface area contributed by atoms with Crippen LogP contribution in [0.25, 0.3) is 0 Å². The highest BCUT2D eigenvalue weighted by Gasteiger charge is 2.33. The fourth-order valence-corrected chi connectivity index (χ4v) is 5.77. The Kier molecular flexibility index (Phi) is 12.8. The quantitative estimate of drug-likeness (QED) is 0.107. The zero-order chi connectivity index (χ0) is 38.6. The van der Waals surface area contributed by atoms with E-state index in [1.54, 1.807) is 66.7 Å². The van der Waals surface area contributed by atoms with Gasteiger partial charge in [0.15, 0.2) is 0 Å². The van der Waals surface area contributed by atoms with Crippen molar-refractivity contribution >= 4 is 41.1 Å². The number of phenols is 2. The maximum absolute atomic E-state index is 14.1. The number of hydrogen-bond acceptors (Lipinski definition) is 9. The summed E-state index contributed by atoms with van der Waals surface area (Å²) in [5.41, 5.74) is 8.10. The van der Waals surface area contributed by atoms with Crippen LogP contribution in [-0.4, -0.2) is 82.9 Å². The fourth-order valence-electron chi connectivity index (χ4n) is 5.77. The molecule has 0 unspecified atom stereocenters. The molecule has 1 saturated heterocycles. The lowest BCUT2D eigenvalue weighted by Crippen LogP contribution is -2.60. The highest BCUT2D eigenvalue weighted by Crippen LogP contribution is 2.15. The van der Waals surface area contributed by atoms with Crippen LogP contribution in [-0.2, 0) is 43.2 Å². The summed E-state index contributed by atoms with van der Waals surface area (Å²) in [7, 11) is 0. The number of nitrogens with two attached hydrogens (primary N) is 1. The van der Waals surface area contributed by atoms with E-state index in [9.17, 15) is 39.0 Å². The third kappa shape index (κ3) is 10.8. The molecular weight excluding hydrogens is 694 g/mol. The molecular formula is C39H41N7O8. The second kappa shape index (κ2) is 18.0. The van der Waals surface area contributed by atoms with Gasteiger partial charge in [0.25, 0.3) is 5.91 Å². The Labute approximate surface area is 310 Å². The molecule has 4 aromatic rings. The van der Waals surface area contributed by atoms with Crippen molar-refractivity contribution in [1.29, 1.82) is 0 Å². The van der Waals surface area contributed by atoms with Gasteiger partial charge in [0.05, 0.1) is 12.1 Å². The Balaban J connectivity index is 1.50. The first-order valence-electron chi connectivity index (χ1n) is 17.2. The highest BCUT2D eigenvalue weighted by molar-refractivity contribution is 6.00. The van der Waals surface area contributed by atoms with Gasteiger partial charge in [-0.25, -0.2) is 0 Å². The Bertz CT molecular complexity index is 1970. The van der Waals surface area contributed by atoms with E-state index >= 15 is 0 Å². The molecule has 4 aromatic carbocycles. The first-order valence-corrected chi connectivity index (χ1v) is 17.2. The van der Waals surface area contributed by atoms with Crippen LogP contribution >= 0.6 is 0 Å². The zero-order valence-electron chi connectivity index (χ0n) is 29.1. The van der Waals surface area contributed by atoms with Crippen LogP contribution in [0.1, 0.15) is 27.0 Å². The summed E-state index contributed by atoms with van der Waals surface area (Å²) in [6.07, 6.45) is -0.135. The summed E-state index contributed by atoms with van der Waals surface area (Å²) >= 11 is 0. The number of amides is 6. The average Bonchev–Trinajstić information content (AvgIpc) is 3.16. The SMILES string of the molecule is Nc1ccccc1C(=O)NC[C@@H]1NC(=O)[C@H](Cc2ccc(O)cc2)NC(=O)[C@H](Cc2ccc(O)cc2)NC(=O)CNC(=O)[C@H](Cc2ccccc2)NC1=O. The Morgan fingerprint density at radius 1 is 0.574 bits per heavy atom. The minimum Gasteiger partial charge on any atom is -0.508 e. The van der Waals surface area contributed by atoms with Crippen LogP contribution in [0.3, 0.4) is 0 Å². The Morgan fingerprint density at radius 3 is 1.57 bits per heavy atom. The van der Waals surface area contributed by atoms with Crippen LogP contribution in [0.2, 0.25) is 0 Å². The van der Waals surface area contributed by atoms with Crippen LogP contribution in [0, 0.1) is 0 Å². The van der Waals surface area contributed by atoms with E-state index in [-0.39, 0.29) is 42.0 Å². The molecule has 1 fully saturated rings. The van der Waals surface area contributed by atoms with Gasteiger partial charge >= 0.3 is 0 Å². The number of phenolic OH excluding ortho intramolecular Hbond substituents is 2. The van der Waals surface area contributed by atoms with E-state index < -0.39 is 72.7 Å². The molecule has 0 saturated carbocycles. The normalized spacial score (nSPS) is 19.8. The minimum atomic E-state index is -1.46. The number of rotatable bonds is 9. The van der Waals surface area contributed by atoms with Crippen molar-refractivity contribution < 1.29 is 39.0 Å². The highest BCUT2D eigenvalue weighted by atomic mass is 16.3. The summed E-state index contributed by atoms with van der Waals surface area (Å²) in [5.74, 6) is -4.50. The van der Waals surface area contributed by atoms with E-state index in [0.717, 1.165) is 0 Å². The summed E-state index contributed by atoms with van der Waals surface area (Å²) < 4.78 is 0. The van der Waals surface area contributed by atoms with Crippen molar-refractivity contribution in [2.45, 2.75) is 43.4 Å². The van der Waals surface area contributed by atoms with Gasteiger partial charge in [-0.1, -0.05) is 66.7 Å². The van der Waals surface area contributed by atoms with Crippen molar-refractivity contribution in [3.05, 3.63) is 125 Å². The molecule has 0 aliphatic carbocycles. The molecule has 5 rings (SSSR count). The van der Waals surface area contributed by atoms with E-state index in [4.69, 9.17) is 5.73 Å². The summed E-state index contributed by atoms with van der Waals surface area (Å²) in [6, 6.07) is 21.8. The topological polar surface area (TPSA) is 241 Å². The number of aromatic hydroxyl groups is 2. The smallest absolute Gasteiger partial charge is 0.253 e. The number of carbonyl (C=O) groups excluding carboxylic acids is 6. The second-order valence-corrected chi connectivity index (χ2v) is 12.7. The number of nitrogen functional groups attached to an aromatic ring is 1. The Morgan fingerprint density at radius 2 is 1.02 bits per heavy atom. The molecule has 1 aliphatic heterocycles. The van der Waals surface area contributed by atoms with Crippen LogP contribution in [0.4, 0.5) is 5.69 Å². The molecule has 0 spiro atoms. The predicted octanol–water partition coefficient (Wildman–Crippen LogP) is 0.207. The number of benzene rings is 4. The second-order valence-electron chi connectivity index (χ2n) is 12.7. The standard InChI is InChI=1S/C39H41N7O8/c40-29-9-5-4-8-28(29)35(50)41-21-33-39(54)44-30(18-23-6-2-1-3-7-23)36(51)42-22-34(49)43-31(19-24-10-14-26(47)15-11-24)37(52)45-32(38(53)46-33)20-25-12-16-27(48)17-13-25/h1-17,30-33,47-48H,18-22,40H2,(H,41,50)(H,42,51)(H,43,49)(H,44,54)(H,45,52)(H,46,53)/t30-,31-,32-,33-/m0/s1. The molecule has 6 amide bonds. The van der Waals surface area contributed by atoms with Gasteiger partial charge in [0.2, 0.25) is 29.5 Å². The molecule has 10 N–H and O–H groups in total. The number of nitrogens with one attached hydrogen (secondary N) is 6. The van der Waals surface area contributed by atoms with Crippen LogP contribution in [0.15, 0.2) is 103 Å². The third-order valence-corrected chi connectivity index (χ3v) is 8.68. The van der Waals surface area contributed by atoms with Gasteiger partial charge in [-0.2, -0.15) is 0 Å². The monoisotopic (exact) mass is 735 g/mol. The number of carbonyl (C=O) groups is 6. The van der Waals surface area contributed by atoms with Gasteiger partial charge in [-0.05, 0) is 53.1 Å². The van der Waals surface area contributed by atoms with Gasteiger partial charge in [-0.3, -0.25) is 28.8 Å². The van der Waals surface area contributed by atoms with Gasteiger partial charge in [-0.15, -0.1) is 0 Å². The molecule has 54 heavy (non-hydrogen) atoms. The lowest BCUT2D eigenvalue weighted by atomic mass is 10.0. The van der Waals surface area contributed by atoms with E-state index in [1.165, 1.54) is 36.4 Å². The van der Waals surface area contributed by atoms with Crippen molar-refractivity contribution in [1.82, 2.24) is 31.9 Å². The van der Waals surface area contributed by atoms with Crippen LogP contribution < -0.4 is 37.6 Å². The fraction of sp³-hybridized carbons (Fsp3) is 0.231.